The maximum Gasteiger partial charge on any atom is 0.193 e. The molecule has 0 saturated carbocycles. The van der Waals surface area contributed by atoms with Crippen molar-refractivity contribution in [3.05, 3.63) is 48.3 Å². The highest BCUT2D eigenvalue weighted by atomic mass is 127. The van der Waals surface area contributed by atoms with Gasteiger partial charge >= 0.3 is 0 Å². The molecule has 30 heavy (non-hydrogen) atoms. The van der Waals surface area contributed by atoms with E-state index in [1.54, 1.807) is 0 Å². The Balaban J connectivity index is 0.00000450. The fourth-order valence-electron chi connectivity index (χ4n) is 2.81. The minimum absolute atomic E-state index is 0. The molecule has 0 atom stereocenters. The van der Waals surface area contributed by atoms with Crippen molar-refractivity contribution in [3.63, 3.8) is 0 Å². The number of nitrogens with one attached hydrogen (secondary N) is 1. The number of aliphatic imine (C=N–C) groups is 1. The van der Waals surface area contributed by atoms with E-state index in [2.05, 4.69) is 29.2 Å². The molecule has 1 aromatic carbocycles. The van der Waals surface area contributed by atoms with Crippen molar-refractivity contribution in [2.45, 2.75) is 33.7 Å². The Morgan fingerprint density at radius 3 is 2.53 bits per heavy atom. The molecule has 2 aromatic rings. The van der Waals surface area contributed by atoms with Crippen LogP contribution in [-0.4, -0.2) is 61.2 Å². The molecular weight excluding hydrogens is 513 g/mol. The Kier molecular flexibility index (Phi) is 10.3. The summed E-state index contributed by atoms with van der Waals surface area (Å²) in [6.45, 7) is 8.12. The minimum Gasteiger partial charge on any atom is -0.357 e. The molecule has 1 heterocycles. The van der Waals surface area contributed by atoms with Gasteiger partial charge in [0.15, 0.2) is 5.96 Å². The highest BCUT2D eigenvalue weighted by molar-refractivity contribution is 14.0. The highest BCUT2D eigenvalue weighted by Crippen LogP contribution is 2.21. The van der Waals surface area contributed by atoms with Crippen LogP contribution in [0.25, 0.3) is 5.69 Å². The lowest BCUT2D eigenvalue weighted by atomic mass is 9.90. The average molecular weight is 548 g/mol. The molecule has 0 aliphatic heterocycles. The van der Waals surface area contributed by atoms with Crippen LogP contribution in [0.2, 0.25) is 0 Å². The predicted octanol–water partition coefficient (Wildman–Crippen LogP) is 3.35. The number of hydrogen-bond donors (Lipinski definition) is 1. The maximum atomic E-state index is 11.5. The lowest BCUT2D eigenvalue weighted by Gasteiger charge is -2.25. The zero-order valence-electron chi connectivity index (χ0n) is 18.5. The highest BCUT2D eigenvalue weighted by Gasteiger charge is 2.20. The van der Waals surface area contributed by atoms with Gasteiger partial charge in [-0.2, -0.15) is 5.10 Å². The van der Waals surface area contributed by atoms with Crippen LogP contribution in [0.1, 0.15) is 32.8 Å². The lowest BCUT2D eigenvalue weighted by molar-refractivity contribution is 0.361. The molecule has 0 bridgehead atoms. The second kappa shape index (κ2) is 11.7. The van der Waals surface area contributed by atoms with E-state index >= 15 is 0 Å². The van der Waals surface area contributed by atoms with E-state index in [0.717, 1.165) is 23.8 Å². The molecule has 0 saturated heterocycles. The van der Waals surface area contributed by atoms with Crippen LogP contribution in [-0.2, 0) is 16.4 Å². The molecule has 2 rings (SSSR count). The Morgan fingerprint density at radius 1 is 1.27 bits per heavy atom. The third-order valence-corrected chi connectivity index (χ3v) is 5.53. The van der Waals surface area contributed by atoms with Gasteiger partial charge in [-0.15, -0.1) is 24.0 Å². The SMILES string of the molecule is CCNC(=NCC(C)(C)CCS(C)(=O)=O)N(C)Cc1cnn(-c2ccccc2)c1.I. The third kappa shape index (κ3) is 9.03. The van der Waals surface area contributed by atoms with E-state index in [9.17, 15) is 8.42 Å². The van der Waals surface area contributed by atoms with Gasteiger partial charge in [0.25, 0.3) is 0 Å². The summed E-state index contributed by atoms with van der Waals surface area (Å²) in [4.78, 5) is 6.81. The van der Waals surface area contributed by atoms with Gasteiger partial charge in [0.1, 0.15) is 9.84 Å². The van der Waals surface area contributed by atoms with Crippen molar-refractivity contribution in [2.24, 2.45) is 10.4 Å². The number of nitrogens with zero attached hydrogens (tertiary/aromatic N) is 4. The molecule has 0 unspecified atom stereocenters. The van der Waals surface area contributed by atoms with E-state index in [-0.39, 0.29) is 35.1 Å². The van der Waals surface area contributed by atoms with E-state index in [0.29, 0.717) is 19.5 Å². The summed E-state index contributed by atoms with van der Waals surface area (Å²) in [5.74, 6) is 0.980. The van der Waals surface area contributed by atoms with Gasteiger partial charge in [0.2, 0.25) is 0 Å². The van der Waals surface area contributed by atoms with Gasteiger partial charge < -0.3 is 10.2 Å². The average Bonchev–Trinajstić information content (AvgIpc) is 3.12. The van der Waals surface area contributed by atoms with Gasteiger partial charge in [0.05, 0.1) is 17.6 Å². The number of guanidine groups is 1. The summed E-state index contributed by atoms with van der Waals surface area (Å²) in [5, 5.41) is 7.77. The Morgan fingerprint density at radius 2 is 1.93 bits per heavy atom. The van der Waals surface area contributed by atoms with Crippen LogP contribution < -0.4 is 5.32 Å². The second-order valence-electron chi connectivity index (χ2n) is 8.20. The lowest BCUT2D eigenvalue weighted by Crippen LogP contribution is -2.39. The summed E-state index contributed by atoms with van der Waals surface area (Å²) in [5.41, 5.74) is 1.91. The number of halogens is 1. The summed E-state index contributed by atoms with van der Waals surface area (Å²) in [7, 11) is -0.977. The molecule has 168 valence electrons. The Bertz CT molecular complexity index is 910. The molecule has 1 aromatic heterocycles. The Labute approximate surface area is 197 Å². The first-order chi connectivity index (χ1) is 13.6. The smallest absolute Gasteiger partial charge is 0.193 e. The van der Waals surface area contributed by atoms with Crippen LogP contribution >= 0.6 is 24.0 Å². The number of para-hydroxylation sites is 1. The molecular formula is C21H34IN5O2S. The number of hydrogen-bond acceptors (Lipinski definition) is 4. The van der Waals surface area contributed by atoms with Crippen molar-refractivity contribution in [1.82, 2.24) is 20.0 Å². The van der Waals surface area contributed by atoms with Gasteiger partial charge in [-0.25, -0.2) is 13.1 Å². The van der Waals surface area contributed by atoms with Crippen LogP contribution in [0, 0.1) is 5.41 Å². The standard InChI is InChI=1S/C21H33N5O2S.HI/c1-6-22-20(23-17-21(2,3)12-13-29(5,27)28)25(4)15-18-14-24-26(16-18)19-10-8-7-9-11-19;/h7-11,14,16H,6,12-13,15,17H2,1-5H3,(H,22,23);1H. The van der Waals surface area contributed by atoms with Crippen molar-refractivity contribution in [3.8, 4) is 5.69 Å². The quantitative estimate of drug-likeness (QED) is 0.296. The molecule has 9 heteroatoms. The van der Waals surface area contributed by atoms with E-state index in [4.69, 9.17) is 4.99 Å². The molecule has 0 radical (unpaired) electrons. The largest absolute Gasteiger partial charge is 0.357 e. The van der Waals surface area contributed by atoms with E-state index in [1.165, 1.54) is 6.26 Å². The maximum absolute atomic E-state index is 11.5. The van der Waals surface area contributed by atoms with Crippen LogP contribution in [0.3, 0.4) is 0 Å². The van der Waals surface area contributed by atoms with Gasteiger partial charge in [0, 0.05) is 44.7 Å². The zero-order chi connectivity index (χ0) is 21.5. The molecule has 0 spiro atoms. The van der Waals surface area contributed by atoms with Gasteiger partial charge in [-0.05, 0) is 30.9 Å². The van der Waals surface area contributed by atoms with Crippen LogP contribution in [0.4, 0.5) is 0 Å². The number of sulfone groups is 1. The normalized spacial score (nSPS) is 12.4. The first-order valence-electron chi connectivity index (χ1n) is 9.86. The molecule has 0 amide bonds. The van der Waals surface area contributed by atoms with Gasteiger partial charge in [-0.1, -0.05) is 32.0 Å². The monoisotopic (exact) mass is 547 g/mol. The molecule has 1 N–H and O–H groups in total. The first-order valence-corrected chi connectivity index (χ1v) is 11.9. The molecule has 0 aliphatic rings. The van der Waals surface area contributed by atoms with Crippen molar-refractivity contribution >= 4 is 39.8 Å². The van der Waals surface area contributed by atoms with Crippen LogP contribution in [0.15, 0.2) is 47.7 Å². The summed E-state index contributed by atoms with van der Waals surface area (Å²) < 4.78 is 24.8. The minimum atomic E-state index is -2.97. The first kappa shape index (κ1) is 26.4. The zero-order valence-corrected chi connectivity index (χ0v) is 21.6. The molecule has 7 nitrogen and oxygen atoms in total. The topological polar surface area (TPSA) is 79.6 Å². The number of aromatic nitrogens is 2. The van der Waals surface area contributed by atoms with Crippen molar-refractivity contribution in [2.75, 3.05) is 32.1 Å². The molecule has 0 fully saturated rings. The second-order valence-corrected chi connectivity index (χ2v) is 10.5. The number of benzene rings is 1. The van der Waals surface area contributed by atoms with Gasteiger partial charge in [-0.3, -0.25) is 4.99 Å². The third-order valence-electron chi connectivity index (χ3n) is 4.58. The van der Waals surface area contributed by atoms with Crippen LogP contribution in [0.5, 0.6) is 0 Å². The van der Waals surface area contributed by atoms with E-state index < -0.39 is 9.84 Å². The summed E-state index contributed by atoms with van der Waals surface area (Å²) >= 11 is 0. The fourth-order valence-corrected chi connectivity index (χ4v) is 3.74. The molecule has 0 aliphatic carbocycles. The Hall–Kier alpha value is -1.62. The summed E-state index contributed by atoms with van der Waals surface area (Å²) in [6, 6.07) is 10.0. The van der Waals surface area contributed by atoms with E-state index in [1.807, 2.05) is 61.4 Å². The summed E-state index contributed by atoms with van der Waals surface area (Å²) in [6.07, 6.45) is 5.75. The predicted molar refractivity (Wildman–Crippen MR) is 135 cm³/mol. The van der Waals surface area contributed by atoms with Crippen molar-refractivity contribution in [1.29, 1.82) is 0 Å². The fraction of sp³-hybridized carbons (Fsp3) is 0.524. The number of rotatable bonds is 9. The van der Waals surface area contributed by atoms with Crippen molar-refractivity contribution < 1.29 is 8.42 Å².